The molecule has 11 heteroatoms. The molecule has 0 spiro atoms. The number of piperazine rings is 1. The molecule has 2 aromatic rings. The van der Waals surface area contributed by atoms with Gasteiger partial charge in [0.1, 0.15) is 23.4 Å². The van der Waals surface area contributed by atoms with Gasteiger partial charge in [0.2, 0.25) is 5.91 Å². The van der Waals surface area contributed by atoms with Crippen molar-refractivity contribution in [3.05, 3.63) is 40.7 Å². The monoisotopic (exact) mass is 488 g/mol. The van der Waals surface area contributed by atoms with Crippen LogP contribution in [0.1, 0.15) is 46.4 Å². The Labute approximate surface area is 209 Å². The molecule has 1 aliphatic carbocycles. The quantitative estimate of drug-likeness (QED) is 0.590. The van der Waals surface area contributed by atoms with E-state index >= 15 is 0 Å². The highest BCUT2D eigenvalue weighted by Gasteiger charge is 2.28. The lowest BCUT2D eigenvalue weighted by molar-refractivity contribution is -0.136. The molecule has 1 saturated heterocycles. The van der Waals surface area contributed by atoms with Gasteiger partial charge in [0, 0.05) is 50.0 Å². The third-order valence-corrected chi connectivity index (χ3v) is 6.70. The van der Waals surface area contributed by atoms with Crippen LogP contribution in [0.2, 0.25) is 0 Å². The van der Waals surface area contributed by atoms with Crippen LogP contribution < -0.4 is 15.5 Å². The van der Waals surface area contributed by atoms with Crippen LogP contribution in [0.4, 0.5) is 22.1 Å². The highest BCUT2D eigenvalue weighted by atomic mass is 16.2. The molecule has 0 atom stereocenters. The molecule has 2 aliphatic heterocycles. The number of hydrogen-bond acceptors (Lipinski definition) is 8. The van der Waals surface area contributed by atoms with E-state index in [-0.39, 0.29) is 11.6 Å². The van der Waals surface area contributed by atoms with Crippen LogP contribution in [0.25, 0.3) is 0 Å². The summed E-state index contributed by atoms with van der Waals surface area (Å²) in [4.78, 5) is 51.5. The van der Waals surface area contributed by atoms with Crippen molar-refractivity contribution in [3.8, 4) is 6.07 Å². The Kier molecular flexibility index (Phi) is 6.52. The van der Waals surface area contributed by atoms with E-state index in [2.05, 4.69) is 26.7 Å². The van der Waals surface area contributed by atoms with Gasteiger partial charge in [0.25, 0.3) is 0 Å². The summed E-state index contributed by atoms with van der Waals surface area (Å²) < 4.78 is 0. The number of carbonyl (C=O) groups excluding carboxylic acids is 3. The van der Waals surface area contributed by atoms with Crippen molar-refractivity contribution in [2.75, 3.05) is 48.8 Å². The highest BCUT2D eigenvalue weighted by molar-refractivity contribution is 6.02. The summed E-state index contributed by atoms with van der Waals surface area (Å²) in [5, 5.41) is 15.5. The maximum Gasteiger partial charge on any atom is 0.328 e. The fraction of sp³-hybridized carbons (Fsp3) is 0.440. The predicted molar refractivity (Wildman–Crippen MR) is 133 cm³/mol. The Bertz CT molecular complexity index is 1250. The van der Waals surface area contributed by atoms with Crippen molar-refractivity contribution in [1.82, 2.24) is 19.8 Å². The maximum atomic E-state index is 13.2. The number of nitrogens with zero attached hydrogens (tertiary/aromatic N) is 6. The van der Waals surface area contributed by atoms with Crippen molar-refractivity contribution >= 4 is 35.5 Å². The first-order valence-corrected chi connectivity index (χ1v) is 12.1. The number of anilines is 3. The van der Waals surface area contributed by atoms with E-state index in [9.17, 15) is 19.6 Å². The number of aryl methyl sites for hydroxylation is 1. The number of fused-ring (bicyclic) bond motifs is 1. The van der Waals surface area contributed by atoms with Gasteiger partial charge in [0.05, 0.1) is 17.8 Å². The number of hydrogen-bond donors (Lipinski definition) is 2. The van der Waals surface area contributed by atoms with Crippen molar-refractivity contribution < 1.29 is 14.4 Å². The van der Waals surface area contributed by atoms with Gasteiger partial charge >= 0.3 is 6.03 Å². The predicted octanol–water partition coefficient (Wildman–Crippen LogP) is 1.99. The smallest absolute Gasteiger partial charge is 0.328 e. The number of likely N-dealkylation sites (N-methyl/N-ethyl adjacent to an activating group) is 1. The molecular weight excluding hydrogens is 460 g/mol. The van der Waals surface area contributed by atoms with Crippen molar-refractivity contribution in [3.63, 3.8) is 0 Å². The standard InChI is InChI=1S/C25H28N8O3/c1-31-7-8-32(23(35)14-31)13-17-9-16-3-2-6-33(24(16)29-21(17)15-34)25(36)30-22-10-20(28-19-4-5-19)18(11-26)12-27-22/h9-10,12,15,19H,2-8,13-14H2,1H3,(H2,27,28,30,36). The molecule has 0 unspecified atom stereocenters. The minimum absolute atomic E-state index is 0.0183. The van der Waals surface area contributed by atoms with E-state index in [4.69, 9.17) is 0 Å². The molecule has 0 aromatic carbocycles. The molecule has 186 valence electrons. The Morgan fingerprint density at radius 1 is 1.28 bits per heavy atom. The van der Waals surface area contributed by atoms with Gasteiger partial charge in [0.15, 0.2) is 6.29 Å². The zero-order valence-corrected chi connectivity index (χ0v) is 20.2. The number of nitrogens with one attached hydrogen (secondary N) is 2. The number of pyridine rings is 2. The summed E-state index contributed by atoms with van der Waals surface area (Å²) in [6.07, 6.45) is 5.69. The SMILES string of the molecule is CN1CCN(Cc2cc3c(nc2C=O)N(C(=O)Nc2cc(NC4CC4)c(C#N)cn2)CCC3)C(=O)C1. The van der Waals surface area contributed by atoms with Gasteiger partial charge in [-0.05, 0) is 44.4 Å². The zero-order chi connectivity index (χ0) is 25.2. The number of amides is 3. The molecule has 3 aliphatic rings. The van der Waals surface area contributed by atoms with Crippen LogP contribution in [-0.2, 0) is 17.8 Å². The molecule has 4 heterocycles. The first-order chi connectivity index (χ1) is 17.4. The topological polar surface area (TPSA) is 135 Å². The summed E-state index contributed by atoms with van der Waals surface area (Å²) in [5.41, 5.74) is 2.85. The van der Waals surface area contributed by atoms with E-state index in [0.29, 0.717) is 67.0 Å². The van der Waals surface area contributed by atoms with Gasteiger partial charge in [-0.3, -0.25) is 24.7 Å². The second-order valence-corrected chi connectivity index (χ2v) is 9.52. The third kappa shape index (κ3) is 4.99. The van der Waals surface area contributed by atoms with Gasteiger partial charge in [-0.15, -0.1) is 0 Å². The molecule has 2 aromatic heterocycles. The highest BCUT2D eigenvalue weighted by Crippen LogP contribution is 2.30. The fourth-order valence-corrected chi connectivity index (χ4v) is 4.54. The molecule has 3 amide bonds. The van der Waals surface area contributed by atoms with Crippen molar-refractivity contribution in [1.29, 1.82) is 5.26 Å². The van der Waals surface area contributed by atoms with Crippen LogP contribution in [0.5, 0.6) is 0 Å². The summed E-state index contributed by atoms with van der Waals surface area (Å²) >= 11 is 0. The van der Waals surface area contributed by atoms with E-state index in [1.54, 1.807) is 11.0 Å². The van der Waals surface area contributed by atoms with E-state index in [0.717, 1.165) is 37.8 Å². The summed E-state index contributed by atoms with van der Waals surface area (Å²) in [7, 11) is 1.91. The Balaban J connectivity index is 1.36. The summed E-state index contributed by atoms with van der Waals surface area (Å²) in [6, 6.07) is 5.62. The number of aromatic nitrogens is 2. The normalized spacial score (nSPS) is 17.8. The second-order valence-electron chi connectivity index (χ2n) is 9.52. The van der Waals surface area contributed by atoms with E-state index in [1.807, 2.05) is 18.0 Å². The van der Waals surface area contributed by atoms with Gasteiger partial charge in [-0.2, -0.15) is 5.26 Å². The minimum atomic E-state index is -0.406. The zero-order valence-electron chi connectivity index (χ0n) is 20.2. The average Bonchev–Trinajstić information content (AvgIpc) is 3.69. The largest absolute Gasteiger partial charge is 0.381 e. The summed E-state index contributed by atoms with van der Waals surface area (Å²) in [5.74, 6) is 0.791. The van der Waals surface area contributed by atoms with E-state index in [1.165, 1.54) is 11.1 Å². The Morgan fingerprint density at radius 2 is 2.11 bits per heavy atom. The lowest BCUT2D eigenvalue weighted by atomic mass is 10.0. The molecule has 11 nitrogen and oxygen atoms in total. The molecule has 5 rings (SSSR count). The second kappa shape index (κ2) is 9.91. The fourth-order valence-electron chi connectivity index (χ4n) is 4.54. The average molecular weight is 489 g/mol. The minimum Gasteiger partial charge on any atom is -0.381 e. The van der Waals surface area contributed by atoms with Crippen LogP contribution in [0, 0.1) is 11.3 Å². The first kappa shape index (κ1) is 23.7. The molecule has 1 saturated carbocycles. The number of urea groups is 1. The van der Waals surface area contributed by atoms with E-state index < -0.39 is 6.03 Å². The molecule has 36 heavy (non-hydrogen) atoms. The first-order valence-electron chi connectivity index (χ1n) is 12.1. The number of aldehydes is 1. The molecule has 0 bridgehead atoms. The lowest BCUT2D eigenvalue weighted by Crippen LogP contribution is -2.48. The Hall–Kier alpha value is -4.04. The van der Waals surface area contributed by atoms with Crippen LogP contribution in [0.3, 0.4) is 0 Å². The van der Waals surface area contributed by atoms with Gasteiger partial charge < -0.3 is 10.2 Å². The number of nitriles is 1. The Morgan fingerprint density at radius 3 is 2.83 bits per heavy atom. The molecule has 2 N–H and O–H groups in total. The third-order valence-electron chi connectivity index (χ3n) is 6.70. The summed E-state index contributed by atoms with van der Waals surface area (Å²) in [6.45, 7) is 2.48. The van der Waals surface area contributed by atoms with Crippen LogP contribution in [0.15, 0.2) is 18.3 Å². The van der Waals surface area contributed by atoms with Crippen molar-refractivity contribution in [2.45, 2.75) is 38.3 Å². The molecule has 0 radical (unpaired) electrons. The van der Waals surface area contributed by atoms with Gasteiger partial charge in [-0.25, -0.2) is 14.8 Å². The number of carbonyl (C=O) groups is 3. The molecular formula is C25H28N8O3. The lowest BCUT2D eigenvalue weighted by Gasteiger charge is -2.33. The van der Waals surface area contributed by atoms with Crippen LogP contribution in [-0.4, -0.2) is 77.3 Å². The van der Waals surface area contributed by atoms with Crippen LogP contribution >= 0.6 is 0 Å². The molecule has 2 fully saturated rings. The number of rotatable bonds is 6. The van der Waals surface area contributed by atoms with Gasteiger partial charge in [-0.1, -0.05) is 0 Å². The maximum absolute atomic E-state index is 13.2. The van der Waals surface area contributed by atoms with Crippen molar-refractivity contribution in [2.24, 2.45) is 0 Å².